The van der Waals surface area contributed by atoms with Gasteiger partial charge in [0.1, 0.15) is 0 Å². The van der Waals surface area contributed by atoms with Crippen LogP contribution in [0.5, 0.6) is 0 Å². The van der Waals surface area contributed by atoms with E-state index in [0.29, 0.717) is 0 Å². The minimum absolute atomic E-state index is 0.710. The van der Waals surface area contributed by atoms with Crippen LogP contribution in [-0.2, 0) is 10.8 Å². The highest BCUT2D eigenvalue weighted by atomic mass is 14.7. The fourth-order valence-electron chi connectivity index (χ4n) is 12.8. The van der Waals surface area contributed by atoms with Crippen LogP contribution >= 0.6 is 0 Å². The number of benzene rings is 10. The first-order chi connectivity index (χ1) is 37.7. The van der Waals surface area contributed by atoms with Gasteiger partial charge in [0, 0.05) is 12.4 Å². The van der Waals surface area contributed by atoms with Crippen molar-refractivity contribution >= 4 is 11.1 Å². The van der Waals surface area contributed by atoms with Crippen LogP contribution in [0.15, 0.2) is 304 Å². The second-order valence-electron chi connectivity index (χ2n) is 19.9. The van der Waals surface area contributed by atoms with Crippen LogP contribution in [0.3, 0.4) is 0 Å². The van der Waals surface area contributed by atoms with Gasteiger partial charge in [0.2, 0.25) is 0 Å². The number of aromatic nitrogens is 2. The highest BCUT2D eigenvalue weighted by Gasteiger charge is 2.49. The van der Waals surface area contributed by atoms with E-state index in [9.17, 15) is 0 Å². The number of fused-ring (bicyclic) bond motifs is 6. The van der Waals surface area contributed by atoms with Crippen LogP contribution in [-0.4, -0.2) is 9.97 Å². The van der Waals surface area contributed by atoms with Crippen LogP contribution in [0, 0.1) is 0 Å². The van der Waals surface area contributed by atoms with E-state index < -0.39 is 10.8 Å². The Morgan fingerprint density at radius 1 is 0.237 bits per heavy atom. The number of nitrogens with zero attached hydrogens (tertiary/aromatic N) is 2. The average Bonchev–Trinajstić information content (AvgIpc) is 4.21. The van der Waals surface area contributed by atoms with Crippen molar-refractivity contribution < 1.29 is 0 Å². The summed E-state index contributed by atoms with van der Waals surface area (Å²) in [4.78, 5) is 10.5. The molecule has 356 valence electrons. The molecule has 10 aromatic carbocycles. The molecule has 2 heteroatoms. The molecule has 0 radical (unpaired) electrons. The van der Waals surface area contributed by atoms with Gasteiger partial charge in [-0.1, -0.05) is 243 Å². The number of hydrogen-bond donors (Lipinski definition) is 0. The zero-order chi connectivity index (χ0) is 50.5. The van der Waals surface area contributed by atoms with Crippen LogP contribution < -0.4 is 0 Å². The average molecular weight is 967 g/mol. The third kappa shape index (κ3) is 7.10. The van der Waals surface area contributed by atoms with E-state index in [4.69, 9.17) is 9.97 Å². The maximum Gasteiger partial charge on any atom is 0.0886 e. The first-order valence-electron chi connectivity index (χ1n) is 26.2. The van der Waals surface area contributed by atoms with Crippen LogP contribution in [0.2, 0.25) is 0 Å². The van der Waals surface area contributed by atoms with Crippen LogP contribution in [0.1, 0.15) is 67.0 Å². The largest absolute Gasteiger partial charge is 0.260 e. The molecule has 14 rings (SSSR count). The lowest BCUT2D eigenvalue weighted by Gasteiger charge is -2.34. The molecule has 12 aromatic rings. The summed E-state index contributed by atoms with van der Waals surface area (Å²) >= 11 is 0. The Labute approximate surface area is 444 Å². The first kappa shape index (κ1) is 44.9. The zero-order valence-electron chi connectivity index (χ0n) is 41.8. The molecule has 0 bridgehead atoms. The topological polar surface area (TPSA) is 25.8 Å². The summed E-state index contributed by atoms with van der Waals surface area (Å²) in [6, 6.07) is 107. The molecule has 0 unspecified atom stereocenters. The zero-order valence-corrected chi connectivity index (χ0v) is 41.8. The van der Waals surface area contributed by atoms with Crippen molar-refractivity contribution in [2.45, 2.75) is 10.8 Å². The van der Waals surface area contributed by atoms with Crippen molar-refractivity contribution in [2.75, 3.05) is 0 Å². The van der Waals surface area contributed by atoms with E-state index >= 15 is 0 Å². The summed E-state index contributed by atoms with van der Waals surface area (Å²) in [5.74, 6) is 0. The molecule has 76 heavy (non-hydrogen) atoms. The minimum Gasteiger partial charge on any atom is -0.260 e. The van der Waals surface area contributed by atoms with Gasteiger partial charge in [-0.15, -0.1) is 0 Å². The molecule has 2 aliphatic carbocycles. The maximum atomic E-state index is 5.26. The Morgan fingerprint density at radius 3 is 0.895 bits per heavy atom. The van der Waals surface area contributed by atoms with Crippen LogP contribution in [0.4, 0.5) is 0 Å². The van der Waals surface area contributed by atoms with E-state index in [1.165, 1.54) is 55.6 Å². The summed E-state index contributed by atoms with van der Waals surface area (Å²) in [6.45, 7) is 0. The molecule has 0 N–H and O–H groups in total. The third-order valence-electron chi connectivity index (χ3n) is 15.9. The fourth-order valence-corrected chi connectivity index (χ4v) is 12.8. The number of hydrogen-bond acceptors (Lipinski definition) is 2. The number of pyridine rings is 2. The van der Waals surface area contributed by atoms with Gasteiger partial charge in [0.15, 0.2) is 0 Å². The van der Waals surface area contributed by atoms with Crippen molar-refractivity contribution in [3.05, 3.63) is 371 Å². The van der Waals surface area contributed by atoms with E-state index in [1.54, 1.807) is 0 Å². The molecule has 0 fully saturated rings. The lowest BCUT2D eigenvalue weighted by molar-refractivity contribution is 0.734. The highest BCUT2D eigenvalue weighted by Crippen LogP contribution is 2.58. The SMILES string of the molecule is c1ccc(-c2cccc(C(=C(c3cccc(C4(c5ccccn5)c5ccccc5-c5ccccc54)c3)c3cccc(C4(c5ccccn5)c5ccccc5-c5ccccc54)c3)c3cccc(-c4ccccc4)c3)c2)cc1. The van der Waals surface area contributed by atoms with Crippen molar-refractivity contribution in [1.29, 1.82) is 0 Å². The van der Waals surface area contributed by atoms with Crippen molar-refractivity contribution in [2.24, 2.45) is 0 Å². The molecule has 0 saturated heterocycles. The fraction of sp³-hybridized carbons (Fsp3) is 0.0270. The molecule has 2 nitrogen and oxygen atoms in total. The maximum absolute atomic E-state index is 5.26. The van der Waals surface area contributed by atoms with E-state index in [0.717, 1.165) is 67.0 Å². The van der Waals surface area contributed by atoms with Gasteiger partial charge in [-0.2, -0.15) is 0 Å². The third-order valence-corrected chi connectivity index (χ3v) is 15.9. The molecule has 0 atom stereocenters. The molecular formula is C74H50N2. The Hall–Kier alpha value is -9.76. The first-order valence-corrected chi connectivity index (χ1v) is 26.2. The predicted molar refractivity (Wildman–Crippen MR) is 312 cm³/mol. The Balaban J connectivity index is 1.11. The second kappa shape index (κ2) is 18.6. The van der Waals surface area contributed by atoms with Gasteiger partial charge >= 0.3 is 0 Å². The number of rotatable bonds is 10. The summed E-state index contributed by atoms with van der Waals surface area (Å²) < 4.78 is 0. The molecule has 2 aliphatic rings. The van der Waals surface area contributed by atoms with Crippen molar-refractivity contribution in [3.8, 4) is 44.5 Å². The smallest absolute Gasteiger partial charge is 0.0886 e. The van der Waals surface area contributed by atoms with E-state index in [1.807, 2.05) is 24.5 Å². The van der Waals surface area contributed by atoms with Crippen molar-refractivity contribution in [3.63, 3.8) is 0 Å². The minimum atomic E-state index is -0.710. The predicted octanol–water partition coefficient (Wildman–Crippen LogP) is 17.5. The molecule has 2 aromatic heterocycles. The van der Waals surface area contributed by atoms with E-state index in [-0.39, 0.29) is 0 Å². The molecule has 2 heterocycles. The lowest BCUT2D eigenvalue weighted by Crippen LogP contribution is -2.30. The summed E-state index contributed by atoms with van der Waals surface area (Å²) in [5.41, 5.74) is 23.9. The summed E-state index contributed by atoms with van der Waals surface area (Å²) in [6.07, 6.45) is 3.88. The van der Waals surface area contributed by atoms with Gasteiger partial charge in [0.25, 0.3) is 0 Å². The van der Waals surface area contributed by atoms with Gasteiger partial charge < -0.3 is 0 Å². The summed E-state index contributed by atoms with van der Waals surface area (Å²) in [5, 5.41) is 0. The Kier molecular flexibility index (Phi) is 11.0. The highest BCUT2D eigenvalue weighted by molar-refractivity contribution is 6.06. The molecule has 0 aliphatic heterocycles. The molecule has 0 amide bonds. The normalized spacial score (nSPS) is 13.2. The van der Waals surface area contributed by atoms with Gasteiger partial charge in [-0.05, 0) is 160 Å². The van der Waals surface area contributed by atoms with Gasteiger partial charge in [-0.3, -0.25) is 9.97 Å². The second-order valence-corrected chi connectivity index (χ2v) is 19.9. The standard InChI is InChI=1S/C74H50N2/c1-3-23-51(24-4-1)53-27-19-29-55(47-53)71(56-30-20-28-54(48-56)52-25-5-2-6-26-52)72(57-31-21-33-59(49-57)73(69-43-15-17-45-75-69)65-39-11-7-35-61(65)62-36-8-12-40-66(62)73)58-32-22-34-60(50-58)74(70-44-16-18-46-76-70)67-41-13-9-37-63(67)64-38-10-14-42-68(64)74/h1-50H. The Morgan fingerprint density at radius 2 is 0.539 bits per heavy atom. The quantitative estimate of drug-likeness (QED) is 0.128. The molecular weight excluding hydrogens is 917 g/mol. The van der Waals surface area contributed by atoms with Crippen LogP contribution in [0.25, 0.3) is 55.7 Å². The van der Waals surface area contributed by atoms with Gasteiger partial charge in [0.05, 0.1) is 22.2 Å². The Bertz CT molecular complexity index is 3800. The summed E-state index contributed by atoms with van der Waals surface area (Å²) in [7, 11) is 0. The monoisotopic (exact) mass is 966 g/mol. The van der Waals surface area contributed by atoms with E-state index in [2.05, 4.69) is 279 Å². The molecule has 0 spiro atoms. The molecule has 0 saturated carbocycles. The lowest BCUT2D eigenvalue weighted by atomic mass is 9.68. The van der Waals surface area contributed by atoms with Crippen molar-refractivity contribution in [1.82, 2.24) is 9.97 Å². The van der Waals surface area contributed by atoms with Gasteiger partial charge in [-0.25, -0.2) is 0 Å².